The third-order valence-electron chi connectivity index (χ3n) is 3.32. The maximum atomic E-state index is 6.02. The van der Waals surface area contributed by atoms with Gasteiger partial charge in [-0.3, -0.25) is 0 Å². The van der Waals surface area contributed by atoms with Crippen LogP contribution in [0, 0.1) is 0 Å². The molecule has 2 aliphatic rings. The summed E-state index contributed by atoms with van der Waals surface area (Å²) in [5.74, 6) is 0.552. The summed E-state index contributed by atoms with van der Waals surface area (Å²) in [5.41, 5.74) is 8.25. The van der Waals surface area contributed by atoms with E-state index in [1.807, 2.05) is 0 Å². The highest BCUT2D eigenvalue weighted by Gasteiger charge is 2.42. The van der Waals surface area contributed by atoms with Crippen molar-refractivity contribution in [2.45, 2.75) is 37.4 Å². The van der Waals surface area contributed by atoms with E-state index in [1.54, 1.807) is 11.3 Å². The zero-order chi connectivity index (χ0) is 9.71. The van der Waals surface area contributed by atoms with E-state index in [2.05, 4.69) is 21.3 Å². The Labute approximate surface area is 95.6 Å². The molecule has 0 aromatic carbocycles. The van der Waals surface area contributed by atoms with Crippen LogP contribution in [0.3, 0.4) is 0 Å². The number of anilines is 1. The lowest BCUT2D eigenvalue weighted by Gasteiger charge is -2.18. The summed E-state index contributed by atoms with van der Waals surface area (Å²) in [7, 11) is 0. The molecule has 0 radical (unpaired) electrons. The van der Waals surface area contributed by atoms with Crippen molar-refractivity contribution in [2.75, 3.05) is 5.73 Å². The van der Waals surface area contributed by atoms with E-state index in [9.17, 15) is 0 Å². The lowest BCUT2D eigenvalue weighted by molar-refractivity contribution is 0.101. The smallest absolute Gasteiger partial charge is 0.0930 e. The molecular weight excluding hydrogens is 262 g/mol. The molecule has 4 heteroatoms. The fraction of sp³-hybridized carbons (Fsp3) is 0.600. The SMILES string of the molecule is Nc1c(C2CC3CCC2O3)csc1Br. The van der Waals surface area contributed by atoms with Crippen LogP contribution in [0.1, 0.15) is 30.7 Å². The number of hydrogen-bond donors (Lipinski definition) is 1. The van der Waals surface area contributed by atoms with Gasteiger partial charge in [0.05, 0.1) is 21.7 Å². The van der Waals surface area contributed by atoms with Gasteiger partial charge in [0.25, 0.3) is 0 Å². The van der Waals surface area contributed by atoms with Gasteiger partial charge in [-0.25, -0.2) is 0 Å². The molecule has 2 aliphatic heterocycles. The van der Waals surface area contributed by atoms with Gasteiger partial charge < -0.3 is 10.5 Å². The minimum Gasteiger partial charge on any atom is -0.397 e. The summed E-state index contributed by atoms with van der Waals surface area (Å²) >= 11 is 5.15. The Morgan fingerprint density at radius 2 is 2.36 bits per heavy atom. The zero-order valence-corrected chi connectivity index (χ0v) is 10.1. The highest BCUT2D eigenvalue weighted by molar-refractivity contribution is 9.11. The van der Waals surface area contributed by atoms with E-state index in [1.165, 1.54) is 18.4 Å². The molecule has 1 aromatic heterocycles. The monoisotopic (exact) mass is 273 g/mol. The van der Waals surface area contributed by atoms with Gasteiger partial charge >= 0.3 is 0 Å². The third kappa shape index (κ3) is 1.24. The fourth-order valence-electron chi connectivity index (χ4n) is 2.61. The first-order valence-corrected chi connectivity index (χ1v) is 6.61. The van der Waals surface area contributed by atoms with Crippen molar-refractivity contribution in [3.8, 4) is 0 Å². The van der Waals surface area contributed by atoms with Crippen molar-refractivity contribution in [1.82, 2.24) is 0 Å². The van der Waals surface area contributed by atoms with Crippen LogP contribution in [0.15, 0.2) is 9.17 Å². The van der Waals surface area contributed by atoms with E-state index in [-0.39, 0.29) is 0 Å². The van der Waals surface area contributed by atoms with Crippen molar-refractivity contribution in [3.05, 3.63) is 14.7 Å². The Hall–Kier alpha value is -0.0600. The Balaban J connectivity index is 1.93. The summed E-state index contributed by atoms with van der Waals surface area (Å²) in [6, 6.07) is 0. The van der Waals surface area contributed by atoms with E-state index in [0.29, 0.717) is 18.1 Å². The predicted molar refractivity (Wildman–Crippen MR) is 61.7 cm³/mol. The number of nitrogen functional groups attached to an aromatic ring is 1. The Kier molecular flexibility index (Phi) is 2.11. The molecule has 2 fully saturated rings. The quantitative estimate of drug-likeness (QED) is 0.854. The Morgan fingerprint density at radius 3 is 2.86 bits per heavy atom. The van der Waals surface area contributed by atoms with E-state index in [0.717, 1.165) is 15.9 Å². The first-order valence-electron chi connectivity index (χ1n) is 4.93. The molecule has 3 unspecified atom stereocenters. The lowest BCUT2D eigenvalue weighted by atomic mass is 9.85. The minimum absolute atomic E-state index is 0.434. The molecule has 2 bridgehead atoms. The maximum absolute atomic E-state index is 6.02. The predicted octanol–water partition coefficient (Wildman–Crippen LogP) is 3.13. The molecule has 1 aromatic rings. The number of rotatable bonds is 1. The van der Waals surface area contributed by atoms with Gasteiger partial charge in [-0.2, -0.15) is 0 Å². The summed E-state index contributed by atoms with van der Waals surface area (Å²) in [6.45, 7) is 0. The Bertz CT molecular complexity index is 365. The third-order valence-corrected chi connectivity index (χ3v) is 5.10. The first kappa shape index (κ1) is 9.19. The summed E-state index contributed by atoms with van der Waals surface area (Å²) in [5, 5.41) is 2.17. The number of nitrogens with two attached hydrogens (primary N) is 1. The number of hydrogen-bond acceptors (Lipinski definition) is 3. The molecule has 0 amide bonds. The van der Waals surface area contributed by atoms with E-state index < -0.39 is 0 Å². The van der Waals surface area contributed by atoms with Crippen LogP contribution in [0.25, 0.3) is 0 Å². The Morgan fingerprint density at radius 1 is 1.50 bits per heavy atom. The molecule has 3 rings (SSSR count). The largest absolute Gasteiger partial charge is 0.397 e. The number of ether oxygens (including phenoxy) is 1. The van der Waals surface area contributed by atoms with Crippen molar-refractivity contribution in [1.29, 1.82) is 0 Å². The highest BCUT2D eigenvalue weighted by atomic mass is 79.9. The topological polar surface area (TPSA) is 35.2 Å². The lowest BCUT2D eigenvalue weighted by Crippen LogP contribution is -2.14. The number of fused-ring (bicyclic) bond motifs is 2. The van der Waals surface area contributed by atoms with Crippen molar-refractivity contribution < 1.29 is 4.74 Å². The molecule has 0 saturated carbocycles. The van der Waals surface area contributed by atoms with Gasteiger partial charge in [-0.1, -0.05) is 0 Å². The maximum Gasteiger partial charge on any atom is 0.0930 e. The number of thiophene rings is 1. The van der Waals surface area contributed by atoms with Crippen LogP contribution in [-0.4, -0.2) is 12.2 Å². The van der Waals surface area contributed by atoms with E-state index in [4.69, 9.17) is 10.5 Å². The standard InChI is InChI=1S/C10H12BrNOS/c11-10-9(12)7(4-14-10)6-3-5-1-2-8(6)13-5/h4-6,8H,1-3,12H2. The van der Waals surface area contributed by atoms with Crippen LogP contribution in [0.4, 0.5) is 5.69 Å². The van der Waals surface area contributed by atoms with Gasteiger partial charge in [0.15, 0.2) is 0 Å². The minimum atomic E-state index is 0.434. The average Bonchev–Trinajstić information content (AvgIpc) is 2.84. The highest BCUT2D eigenvalue weighted by Crippen LogP contribution is 2.48. The molecule has 3 heterocycles. The second-order valence-electron chi connectivity index (χ2n) is 4.09. The molecule has 2 nitrogen and oxygen atoms in total. The van der Waals surface area contributed by atoms with Gasteiger partial charge in [0.2, 0.25) is 0 Å². The molecule has 14 heavy (non-hydrogen) atoms. The first-order chi connectivity index (χ1) is 6.75. The molecule has 0 aliphatic carbocycles. The van der Waals surface area contributed by atoms with Crippen LogP contribution in [-0.2, 0) is 4.74 Å². The van der Waals surface area contributed by atoms with E-state index >= 15 is 0 Å². The molecule has 0 spiro atoms. The summed E-state index contributed by atoms with van der Waals surface area (Å²) < 4.78 is 6.90. The van der Waals surface area contributed by atoms with Crippen LogP contribution in [0.2, 0.25) is 0 Å². The van der Waals surface area contributed by atoms with Crippen LogP contribution in [0.5, 0.6) is 0 Å². The normalized spacial score (nSPS) is 35.4. The zero-order valence-electron chi connectivity index (χ0n) is 7.70. The second kappa shape index (κ2) is 3.22. The average molecular weight is 274 g/mol. The number of halogens is 1. The van der Waals surface area contributed by atoms with Gasteiger partial charge in [-0.05, 0) is 46.1 Å². The molecule has 3 atom stereocenters. The van der Waals surface area contributed by atoms with Crippen molar-refractivity contribution in [3.63, 3.8) is 0 Å². The molecular formula is C10H12BrNOS. The second-order valence-corrected chi connectivity index (χ2v) is 6.29. The van der Waals surface area contributed by atoms with Crippen molar-refractivity contribution in [2.24, 2.45) is 0 Å². The van der Waals surface area contributed by atoms with Gasteiger partial charge in [0.1, 0.15) is 0 Å². The van der Waals surface area contributed by atoms with Crippen molar-refractivity contribution >= 4 is 33.0 Å². The summed E-state index contributed by atoms with van der Waals surface area (Å²) in [6.07, 6.45) is 4.55. The van der Waals surface area contributed by atoms with Gasteiger partial charge in [0, 0.05) is 5.92 Å². The molecule has 2 saturated heterocycles. The van der Waals surface area contributed by atoms with Gasteiger partial charge in [-0.15, -0.1) is 11.3 Å². The summed E-state index contributed by atoms with van der Waals surface area (Å²) in [4.78, 5) is 0. The molecule has 76 valence electrons. The molecule has 2 N–H and O–H groups in total. The fourth-order valence-corrected chi connectivity index (χ4v) is 3.89. The van der Waals surface area contributed by atoms with Crippen LogP contribution >= 0.6 is 27.3 Å². The van der Waals surface area contributed by atoms with Crippen LogP contribution < -0.4 is 5.73 Å².